The van der Waals surface area contributed by atoms with E-state index in [4.69, 9.17) is 9.47 Å². The molecule has 2 aromatic rings. The number of rotatable bonds is 9. The molecule has 0 saturated carbocycles. The molecule has 0 aliphatic rings. The zero-order valence-electron chi connectivity index (χ0n) is 15.5. The van der Waals surface area contributed by atoms with Crippen LogP contribution < -0.4 is 10.1 Å². The third kappa shape index (κ3) is 6.58. The minimum atomic E-state index is -0.376. The van der Waals surface area contributed by atoms with Crippen molar-refractivity contribution in [3.05, 3.63) is 59.7 Å². The van der Waals surface area contributed by atoms with Crippen molar-refractivity contribution in [1.82, 2.24) is 0 Å². The lowest BCUT2D eigenvalue weighted by atomic mass is 10.1. The number of carbonyl (C=O) groups excluding carboxylic acids is 3. The fraction of sp³-hybridized carbons (Fsp3) is 0.286. The predicted octanol–water partition coefficient (Wildman–Crippen LogP) is 3.86. The maximum absolute atomic E-state index is 12.0. The quantitative estimate of drug-likeness (QED) is 0.412. The Morgan fingerprint density at radius 1 is 0.926 bits per heavy atom. The van der Waals surface area contributed by atoms with Crippen molar-refractivity contribution in [1.29, 1.82) is 0 Å². The highest BCUT2D eigenvalue weighted by Gasteiger charge is 2.08. The smallest absolute Gasteiger partial charge is 0.338 e. The summed E-state index contributed by atoms with van der Waals surface area (Å²) in [7, 11) is 0. The third-order valence-electron chi connectivity index (χ3n) is 3.77. The summed E-state index contributed by atoms with van der Waals surface area (Å²) in [6.07, 6.45) is 1.79. The van der Waals surface area contributed by atoms with Gasteiger partial charge in [0.2, 0.25) is 0 Å². The van der Waals surface area contributed by atoms with Crippen LogP contribution in [0.3, 0.4) is 0 Å². The highest BCUT2D eigenvalue weighted by Crippen LogP contribution is 2.14. The standard InChI is InChI=1S/C21H23NO5/c1-3-4-13-26-21(25)17-5-9-18(10-6-17)22-20(24)14-27-19-11-7-16(8-12-19)15(2)23/h5-12H,3-4,13-14H2,1-2H3,(H,22,24). The van der Waals surface area contributed by atoms with Gasteiger partial charge in [-0.25, -0.2) is 4.79 Å². The molecule has 0 saturated heterocycles. The Bertz CT molecular complexity index is 781. The van der Waals surface area contributed by atoms with Crippen LogP contribution in [-0.4, -0.2) is 30.9 Å². The summed E-state index contributed by atoms with van der Waals surface area (Å²) in [5, 5.41) is 2.69. The van der Waals surface area contributed by atoms with Gasteiger partial charge in [-0.3, -0.25) is 9.59 Å². The van der Waals surface area contributed by atoms with Gasteiger partial charge >= 0.3 is 5.97 Å². The summed E-state index contributed by atoms with van der Waals surface area (Å²) in [5.41, 5.74) is 1.58. The van der Waals surface area contributed by atoms with Gasteiger partial charge < -0.3 is 14.8 Å². The number of hydrogen-bond donors (Lipinski definition) is 1. The molecule has 2 rings (SSSR count). The number of anilines is 1. The summed E-state index contributed by atoms with van der Waals surface area (Å²) in [6.45, 7) is 3.74. The summed E-state index contributed by atoms with van der Waals surface area (Å²) in [6, 6.07) is 13.1. The molecule has 0 bridgehead atoms. The van der Waals surface area contributed by atoms with Gasteiger partial charge in [0.25, 0.3) is 5.91 Å². The second-order valence-electron chi connectivity index (χ2n) is 5.98. The maximum atomic E-state index is 12.0. The summed E-state index contributed by atoms with van der Waals surface area (Å²) in [4.78, 5) is 35.0. The Morgan fingerprint density at radius 2 is 1.56 bits per heavy atom. The summed E-state index contributed by atoms with van der Waals surface area (Å²) < 4.78 is 10.5. The summed E-state index contributed by atoms with van der Waals surface area (Å²) in [5.74, 6) is -0.236. The van der Waals surface area contributed by atoms with Gasteiger partial charge in [-0.15, -0.1) is 0 Å². The van der Waals surface area contributed by atoms with Crippen molar-refractivity contribution >= 4 is 23.3 Å². The van der Waals surface area contributed by atoms with Crippen molar-refractivity contribution in [3.8, 4) is 5.75 Å². The van der Waals surface area contributed by atoms with Crippen LogP contribution in [0.5, 0.6) is 5.75 Å². The van der Waals surface area contributed by atoms with Crippen LogP contribution in [0.2, 0.25) is 0 Å². The topological polar surface area (TPSA) is 81.7 Å². The van der Waals surface area contributed by atoms with Crippen molar-refractivity contribution in [2.45, 2.75) is 26.7 Å². The molecule has 27 heavy (non-hydrogen) atoms. The number of nitrogens with one attached hydrogen (secondary N) is 1. The van der Waals surface area contributed by atoms with Crippen molar-refractivity contribution in [3.63, 3.8) is 0 Å². The molecule has 1 N–H and O–H groups in total. The number of ether oxygens (including phenoxy) is 2. The van der Waals surface area contributed by atoms with E-state index in [2.05, 4.69) is 5.32 Å². The van der Waals surface area contributed by atoms with Crippen LogP contribution in [-0.2, 0) is 9.53 Å². The van der Waals surface area contributed by atoms with E-state index in [1.54, 1.807) is 48.5 Å². The van der Waals surface area contributed by atoms with E-state index in [1.807, 2.05) is 6.92 Å². The molecular weight excluding hydrogens is 346 g/mol. The first-order valence-electron chi connectivity index (χ1n) is 8.80. The lowest BCUT2D eigenvalue weighted by molar-refractivity contribution is -0.118. The molecule has 0 heterocycles. The zero-order valence-corrected chi connectivity index (χ0v) is 15.5. The second kappa shape index (κ2) is 10.1. The maximum Gasteiger partial charge on any atom is 0.338 e. The van der Waals surface area contributed by atoms with E-state index >= 15 is 0 Å². The number of ketones is 1. The minimum Gasteiger partial charge on any atom is -0.484 e. The molecule has 0 unspecified atom stereocenters. The number of hydrogen-bond acceptors (Lipinski definition) is 5. The molecule has 6 nitrogen and oxygen atoms in total. The van der Waals surface area contributed by atoms with Crippen LogP contribution in [0.4, 0.5) is 5.69 Å². The number of Topliss-reactive ketones (excluding diaryl/α,β-unsaturated/α-hetero) is 1. The number of unbranched alkanes of at least 4 members (excludes halogenated alkanes) is 1. The molecule has 0 aromatic heterocycles. The second-order valence-corrected chi connectivity index (χ2v) is 5.98. The van der Waals surface area contributed by atoms with E-state index in [0.29, 0.717) is 29.2 Å². The number of carbonyl (C=O) groups is 3. The van der Waals surface area contributed by atoms with Crippen molar-refractivity contribution in [2.75, 3.05) is 18.5 Å². The van der Waals surface area contributed by atoms with Crippen molar-refractivity contribution in [2.24, 2.45) is 0 Å². The van der Waals surface area contributed by atoms with E-state index < -0.39 is 0 Å². The first-order chi connectivity index (χ1) is 13.0. The van der Waals surface area contributed by atoms with E-state index in [-0.39, 0.29) is 24.3 Å². The number of amides is 1. The highest BCUT2D eigenvalue weighted by atomic mass is 16.5. The molecule has 0 radical (unpaired) electrons. The molecule has 1 amide bonds. The SMILES string of the molecule is CCCCOC(=O)c1ccc(NC(=O)COc2ccc(C(C)=O)cc2)cc1. The average Bonchev–Trinajstić information content (AvgIpc) is 2.67. The molecule has 6 heteroatoms. The molecular formula is C21H23NO5. The Labute approximate surface area is 158 Å². The lowest BCUT2D eigenvalue weighted by Crippen LogP contribution is -2.20. The van der Waals surface area contributed by atoms with Crippen LogP contribution in [0.1, 0.15) is 47.4 Å². The number of esters is 1. The molecule has 0 fully saturated rings. The zero-order chi connectivity index (χ0) is 19.6. The summed E-state index contributed by atoms with van der Waals surface area (Å²) >= 11 is 0. The molecule has 0 atom stereocenters. The Morgan fingerprint density at radius 3 is 2.15 bits per heavy atom. The Balaban J connectivity index is 1.81. The van der Waals surface area contributed by atoms with Gasteiger partial charge in [-0.2, -0.15) is 0 Å². The van der Waals surface area contributed by atoms with Gasteiger partial charge in [0.15, 0.2) is 12.4 Å². The monoisotopic (exact) mass is 369 g/mol. The first-order valence-corrected chi connectivity index (χ1v) is 8.80. The van der Waals surface area contributed by atoms with E-state index in [0.717, 1.165) is 12.8 Å². The average molecular weight is 369 g/mol. The van der Waals surface area contributed by atoms with Crippen LogP contribution >= 0.6 is 0 Å². The Hall–Kier alpha value is -3.15. The predicted molar refractivity (Wildman–Crippen MR) is 102 cm³/mol. The van der Waals surface area contributed by atoms with Gasteiger partial charge in [0.05, 0.1) is 12.2 Å². The van der Waals surface area contributed by atoms with E-state index in [1.165, 1.54) is 6.92 Å². The Kier molecular flexibility index (Phi) is 7.55. The van der Waals surface area contributed by atoms with Gasteiger partial charge in [-0.1, -0.05) is 13.3 Å². The third-order valence-corrected chi connectivity index (χ3v) is 3.77. The van der Waals surface area contributed by atoms with Crippen LogP contribution in [0.25, 0.3) is 0 Å². The highest BCUT2D eigenvalue weighted by molar-refractivity contribution is 5.94. The van der Waals surface area contributed by atoms with Gasteiger partial charge in [0.1, 0.15) is 5.75 Å². The van der Waals surface area contributed by atoms with E-state index in [9.17, 15) is 14.4 Å². The molecule has 0 aliphatic carbocycles. The first kappa shape index (κ1) is 20.2. The number of benzene rings is 2. The fourth-order valence-corrected chi connectivity index (χ4v) is 2.21. The molecule has 2 aromatic carbocycles. The van der Waals surface area contributed by atoms with Gasteiger partial charge in [0, 0.05) is 11.3 Å². The van der Waals surface area contributed by atoms with Crippen molar-refractivity contribution < 1.29 is 23.9 Å². The van der Waals surface area contributed by atoms with Crippen LogP contribution in [0, 0.1) is 0 Å². The van der Waals surface area contributed by atoms with Crippen LogP contribution in [0.15, 0.2) is 48.5 Å². The molecule has 0 aliphatic heterocycles. The fourth-order valence-electron chi connectivity index (χ4n) is 2.21. The molecule has 0 spiro atoms. The molecule has 142 valence electrons. The minimum absolute atomic E-state index is 0.0306. The largest absolute Gasteiger partial charge is 0.484 e. The normalized spacial score (nSPS) is 10.1. The lowest BCUT2D eigenvalue weighted by Gasteiger charge is -2.09. The van der Waals surface area contributed by atoms with Gasteiger partial charge in [-0.05, 0) is 61.9 Å².